The van der Waals surface area contributed by atoms with Crippen molar-refractivity contribution in [2.24, 2.45) is 0 Å². The minimum Gasteiger partial charge on any atom is -0.275 e. The van der Waals surface area contributed by atoms with Gasteiger partial charge in [-0.25, -0.2) is 0 Å². The van der Waals surface area contributed by atoms with Crippen LogP contribution < -0.4 is 5.56 Å². The summed E-state index contributed by atoms with van der Waals surface area (Å²) >= 11 is 0. The molecule has 0 aliphatic rings. The Bertz CT molecular complexity index is 1260. The number of benzene rings is 2. The SMILES string of the molecule is C/C=C\c1c(C)c2cc(C)cc3c4ccccc4n(c1=O)c23.C=C/C=C\C.CC.CC.CCC. The highest BCUT2D eigenvalue weighted by atomic mass is 16.1. The fourth-order valence-electron chi connectivity index (χ4n) is 3.66. The van der Waals surface area contributed by atoms with Crippen molar-refractivity contribution in [1.82, 2.24) is 4.40 Å². The molecule has 2 heteroatoms. The van der Waals surface area contributed by atoms with E-state index in [9.17, 15) is 4.79 Å². The van der Waals surface area contributed by atoms with Crippen molar-refractivity contribution in [1.29, 1.82) is 0 Å². The maximum atomic E-state index is 13.0. The molecule has 2 aromatic carbocycles. The predicted molar refractivity (Wildman–Crippen MR) is 158 cm³/mol. The van der Waals surface area contributed by atoms with E-state index in [1.54, 1.807) is 6.08 Å². The summed E-state index contributed by atoms with van der Waals surface area (Å²) in [4.78, 5) is 13.0. The molecular formula is C32H45NO. The van der Waals surface area contributed by atoms with Gasteiger partial charge in [0.1, 0.15) is 0 Å². The van der Waals surface area contributed by atoms with Gasteiger partial charge in [-0.05, 0) is 57.0 Å². The van der Waals surface area contributed by atoms with Crippen molar-refractivity contribution in [3.8, 4) is 0 Å². The number of aromatic nitrogens is 1. The van der Waals surface area contributed by atoms with E-state index in [1.807, 2.05) is 95.4 Å². The molecule has 0 radical (unpaired) electrons. The molecule has 0 amide bonds. The molecule has 184 valence electrons. The van der Waals surface area contributed by atoms with Gasteiger partial charge >= 0.3 is 0 Å². The summed E-state index contributed by atoms with van der Waals surface area (Å²) in [5.74, 6) is 0. The number of aryl methyl sites for hydroxylation is 2. The number of allylic oxidation sites excluding steroid dienone is 4. The average molecular weight is 460 g/mol. The van der Waals surface area contributed by atoms with Crippen molar-refractivity contribution < 1.29 is 0 Å². The third-order valence-corrected chi connectivity index (χ3v) is 4.82. The smallest absolute Gasteiger partial charge is 0.263 e. The van der Waals surface area contributed by atoms with Crippen LogP contribution in [0.15, 0.2) is 72.1 Å². The zero-order chi connectivity index (χ0) is 26.3. The number of fused-ring (bicyclic) bond motifs is 3. The normalized spacial score (nSPS) is 10.2. The van der Waals surface area contributed by atoms with Crippen molar-refractivity contribution >= 4 is 33.3 Å². The van der Waals surface area contributed by atoms with Gasteiger partial charge in [0, 0.05) is 21.7 Å². The Morgan fingerprint density at radius 3 is 1.94 bits per heavy atom. The van der Waals surface area contributed by atoms with Gasteiger partial charge < -0.3 is 0 Å². The highest BCUT2D eigenvalue weighted by Crippen LogP contribution is 2.34. The van der Waals surface area contributed by atoms with Crippen LogP contribution in [0.25, 0.3) is 33.3 Å². The van der Waals surface area contributed by atoms with Crippen LogP contribution in [-0.2, 0) is 0 Å². The first-order chi connectivity index (χ1) is 16.5. The zero-order valence-corrected chi connectivity index (χ0v) is 23.1. The fraction of sp³-hybridized carbons (Fsp3) is 0.344. The first-order valence-corrected chi connectivity index (χ1v) is 12.6. The second-order valence-corrected chi connectivity index (χ2v) is 7.37. The molecule has 0 atom stereocenters. The number of para-hydroxylation sites is 1. The van der Waals surface area contributed by atoms with Gasteiger partial charge in [-0.15, -0.1) is 0 Å². The molecular weight excluding hydrogens is 414 g/mol. The summed E-state index contributed by atoms with van der Waals surface area (Å²) in [7, 11) is 0. The third kappa shape index (κ3) is 6.93. The molecule has 0 saturated carbocycles. The van der Waals surface area contributed by atoms with E-state index >= 15 is 0 Å². The molecule has 0 bridgehead atoms. The van der Waals surface area contributed by atoms with E-state index in [2.05, 4.69) is 45.5 Å². The van der Waals surface area contributed by atoms with E-state index in [-0.39, 0.29) is 5.56 Å². The maximum absolute atomic E-state index is 13.0. The second-order valence-electron chi connectivity index (χ2n) is 7.37. The lowest BCUT2D eigenvalue weighted by molar-refractivity contribution is 1.09. The van der Waals surface area contributed by atoms with Crippen LogP contribution in [0.1, 0.15) is 78.5 Å². The number of hydrogen-bond acceptors (Lipinski definition) is 1. The lowest BCUT2D eigenvalue weighted by Crippen LogP contribution is -2.17. The summed E-state index contributed by atoms with van der Waals surface area (Å²) < 4.78 is 1.88. The number of pyridine rings is 1. The lowest BCUT2D eigenvalue weighted by atomic mass is 10.0. The van der Waals surface area contributed by atoms with Gasteiger partial charge in [-0.3, -0.25) is 9.20 Å². The monoisotopic (exact) mass is 459 g/mol. The van der Waals surface area contributed by atoms with E-state index in [0.29, 0.717) is 0 Å². The maximum Gasteiger partial charge on any atom is 0.263 e. The molecule has 0 N–H and O–H groups in total. The lowest BCUT2D eigenvalue weighted by Gasteiger charge is -2.09. The summed E-state index contributed by atoms with van der Waals surface area (Å²) in [6.45, 7) is 23.8. The Kier molecular flexibility index (Phi) is 15.0. The molecule has 0 fully saturated rings. The molecule has 2 aromatic heterocycles. The number of hydrogen-bond donors (Lipinski definition) is 0. The highest BCUT2D eigenvalue weighted by Gasteiger charge is 2.17. The fourth-order valence-corrected chi connectivity index (χ4v) is 3.66. The number of nitrogens with zero attached hydrogens (tertiary/aromatic N) is 1. The largest absolute Gasteiger partial charge is 0.275 e. The second kappa shape index (κ2) is 16.5. The molecule has 0 spiro atoms. The van der Waals surface area contributed by atoms with Crippen molar-refractivity contribution in [3.63, 3.8) is 0 Å². The number of rotatable bonds is 2. The highest BCUT2D eigenvalue weighted by molar-refractivity contribution is 6.15. The standard InChI is InChI=1S/C20H17NO.C5H8.C3H8.2C2H6/c1-4-7-14-13(3)16-10-12(2)11-17-15-8-5-6-9-18(15)21(19(16)17)20(14)22;1-3-5-4-2;1-3-2;2*1-2/h4-11H,1-3H3;3-5H,1H2,2H3;3H2,1-2H3;2*1-2H3/b7-4-;5-4-;;;. The molecule has 4 aromatic rings. The van der Waals surface area contributed by atoms with Crippen LogP contribution in [0.4, 0.5) is 0 Å². The van der Waals surface area contributed by atoms with Gasteiger partial charge in [0.05, 0.1) is 11.0 Å². The minimum absolute atomic E-state index is 0.0677. The Morgan fingerprint density at radius 2 is 1.44 bits per heavy atom. The first-order valence-electron chi connectivity index (χ1n) is 12.6. The third-order valence-electron chi connectivity index (χ3n) is 4.82. The Hall–Kier alpha value is -3.13. The van der Waals surface area contributed by atoms with Gasteiger partial charge in [0.15, 0.2) is 0 Å². The Labute approximate surface area is 207 Å². The van der Waals surface area contributed by atoms with Crippen LogP contribution >= 0.6 is 0 Å². The molecule has 2 nitrogen and oxygen atoms in total. The summed E-state index contributed by atoms with van der Waals surface area (Å²) in [6, 6.07) is 12.5. The average Bonchev–Trinajstić information content (AvgIpc) is 3.19. The summed E-state index contributed by atoms with van der Waals surface area (Å²) in [6.07, 6.45) is 10.7. The molecule has 0 unspecified atom stereocenters. The van der Waals surface area contributed by atoms with Crippen LogP contribution in [-0.4, -0.2) is 4.40 Å². The van der Waals surface area contributed by atoms with Gasteiger partial charge in [0.2, 0.25) is 0 Å². The van der Waals surface area contributed by atoms with Crippen LogP contribution in [0.3, 0.4) is 0 Å². The Balaban J connectivity index is 0.000000775. The van der Waals surface area contributed by atoms with E-state index in [1.165, 1.54) is 17.4 Å². The minimum atomic E-state index is 0.0677. The van der Waals surface area contributed by atoms with Crippen molar-refractivity contribution in [2.45, 2.75) is 75.7 Å². The van der Waals surface area contributed by atoms with E-state index in [4.69, 9.17) is 0 Å². The molecule has 2 heterocycles. The van der Waals surface area contributed by atoms with Crippen LogP contribution in [0.5, 0.6) is 0 Å². The van der Waals surface area contributed by atoms with E-state index < -0.39 is 0 Å². The zero-order valence-electron chi connectivity index (χ0n) is 23.1. The quantitative estimate of drug-likeness (QED) is 0.273. The molecule has 0 saturated heterocycles. The molecule has 4 rings (SSSR count). The van der Waals surface area contributed by atoms with Crippen LogP contribution in [0, 0.1) is 13.8 Å². The predicted octanol–water partition coefficient (Wildman–Crippen LogP) is 9.91. The Morgan fingerprint density at radius 1 is 0.882 bits per heavy atom. The summed E-state index contributed by atoms with van der Waals surface area (Å²) in [5.41, 5.74) is 5.17. The van der Waals surface area contributed by atoms with E-state index in [0.717, 1.165) is 32.9 Å². The first kappa shape index (κ1) is 30.9. The van der Waals surface area contributed by atoms with Gasteiger partial charge in [0.25, 0.3) is 5.56 Å². The molecule has 34 heavy (non-hydrogen) atoms. The van der Waals surface area contributed by atoms with Crippen molar-refractivity contribution in [2.75, 3.05) is 0 Å². The van der Waals surface area contributed by atoms with Gasteiger partial charge in [-0.1, -0.05) is 103 Å². The topological polar surface area (TPSA) is 21.5 Å². The van der Waals surface area contributed by atoms with Crippen LogP contribution in [0.2, 0.25) is 0 Å². The van der Waals surface area contributed by atoms with Crippen molar-refractivity contribution in [3.05, 3.63) is 94.3 Å². The summed E-state index contributed by atoms with van der Waals surface area (Å²) in [5, 5.41) is 3.47. The molecule has 0 aliphatic carbocycles. The van der Waals surface area contributed by atoms with Gasteiger partial charge in [-0.2, -0.15) is 0 Å². The molecule has 0 aliphatic heterocycles.